The Labute approximate surface area is 132 Å². The lowest BCUT2D eigenvalue weighted by Crippen LogP contribution is -2.49. The zero-order chi connectivity index (χ0) is 15.8. The molecule has 2 bridgehead atoms. The summed E-state index contributed by atoms with van der Waals surface area (Å²) in [7, 11) is 1.85. The zero-order valence-electron chi connectivity index (χ0n) is 13.4. The first kappa shape index (κ1) is 15.3. The minimum absolute atomic E-state index is 0.142. The Hall–Kier alpha value is -1.61. The molecule has 1 aromatic carbocycles. The Kier molecular flexibility index (Phi) is 3.85. The molecule has 0 aliphatic heterocycles. The number of carbonyl (C=O) groups is 1. The van der Waals surface area contributed by atoms with Gasteiger partial charge in [0.2, 0.25) is 0 Å². The van der Waals surface area contributed by atoms with Crippen LogP contribution in [0.3, 0.4) is 0 Å². The number of benzene rings is 1. The summed E-state index contributed by atoms with van der Waals surface area (Å²) in [5.41, 5.74) is 3.18. The van der Waals surface area contributed by atoms with Crippen molar-refractivity contribution in [2.75, 3.05) is 7.11 Å². The first-order chi connectivity index (χ1) is 10.5. The van der Waals surface area contributed by atoms with Crippen LogP contribution in [0.5, 0.6) is 0 Å². The van der Waals surface area contributed by atoms with Gasteiger partial charge in [-0.15, -0.1) is 0 Å². The van der Waals surface area contributed by atoms with E-state index < -0.39 is 5.97 Å². The Morgan fingerprint density at radius 2 is 1.64 bits per heavy atom. The second-order valence-corrected chi connectivity index (χ2v) is 6.92. The van der Waals surface area contributed by atoms with Crippen molar-refractivity contribution in [2.24, 2.45) is 0 Å². The summed E-state index contributed by atoms with van der Waals surface area (Å²) in [5, 5.41) is 8.95. The minimum atomic E-state index is -0.863. The van der Waals surface area contributed by atoms with Gasteiger partial charge in [-0.1, -0.05) is 24.3 Å². The van der Waals surface area contributed by atoms with Crippen LogP contribution in [0.15, 0.2) is 29.8 Å². The highest BCUT2D eigenvalue weighted by Crippen LogP contribution is 2.54. The topological polar surface area (TPSA) is 46.5 Å². The quantitative estimate of drug-likeness (QED) is 0.849. The maximum Gasteiger partial charge on any atom is 0.331 e. The number of aliphatic carboxylic acids is 1. The lowest BCUT2D eigenvalue weighted by molar-refractivity contribution is -0.132. The molecule has 3 fully saturated rings. The predicted octanol–water partition coefficient (Wildman–Crippen LogP) is 4.17. The molecule has 0 aromatic heterocycles. The zero-order valence-corrected chi connectivity index (χ0v) is 13.4. The van der Waals surface area contributed by atoms with Crippen molar-refractivity contribution in [3.63, 3.8) is 0 Å². The van der Waals surface area contributed by atoms with E-state index in [1.807, 2.05) is 19.2 Å². The number of hydrogen-bond donors (Lipinski definition) is 1. The number of hydrogen-bond acceptors (Lipinski definition) is 2. The van der Waals surface area contributed by atoms with E-state index in [1.54, 1.807) is 13.0 Å². The van der Waals surface area contributed by atoms with E-state index in [-0.39, 0.29) is 5.60 Å². The normalized spacial score (nSPS) is 31.3. The molecule has 22 heavy (non-hydrogen) atoms. The van der Waals surface area contributed by atoms with Crippen LogP contribution in [0, 0.1) is 0 Å². The SMILES string of the molecule is COC12CCC(c3ccc(/C=C(\C)C(=O)O)cc3)(CC1)CC2. The average molecular weight is 300 g/mol. The van der Waals surface area contributed by atoms with Crippen LogP contribution in [-0.4, -0.2) is 23.8 Å². The highest BCUT2D eigenvalue weighted by Gasteiger charge is 2.49. The van der Waals surface area contributed by atoms with E-state index in [1.165, 1.54) is 24.8 Å². The summed E-state index contributed by atoms with van der Waals surface area (Å²) < 4.78 is 5.77. The van der Waals surface area contributed by atoms with Gasteiger partial charge in [0.25, 0.3) is 0 Å². The molecule has 0 radical (unpaired) electrons. The molecule has 0 spiro atoms. The maximum absolute atomic E-state index is 10.9. The fourth-order valence-corrected chi connectivity index (χ4v) is 4.14. The number of ether oxygens (including phenoxy) is 1. The number of methoxy groups -OCH3 is 1. The first-order valence-electron chi connectivity index (χ1n) is 8.06. The van der Waals surface area contributed by atoms with E-state index in [2.05, 4.69) is 12.1 Å². The van der Waals surface area contributed by atoms with Gasteiger partial charge in [0, 0.05) is 12.7 Å². The molecule has 3 heteroatoms. The van der Waals surface area contributed by atoms with Gasteiger partial charge in [-0.3, -0.25) is 0 Å². The third kappa shape index (κ3) is 2.58. The van der Waals surface area contributed by atoms with Crippen molar-refractivity contribution in [3.05, 3.63) is 41.0 Å². The maximum atomic E-state index is 10.9. The molecular weight excluding hydrogens is 276 g/mol. The Balaban J connectivity index is 1.80. The van der Waals surface area contributed by atoms with Crippen LogP contribution in [0.4, 0.5) is 0 Å². The number of carboxylic acid groups (broad SMARTS) is 1. The average Bonchev–Trinajstić information content (AvgIpc) is 2.57. The molecule has 0 heterocycles. The Bertz CT molecular complexity index is 573. The first-order valence-corrected chi connectivity index (χ1v) is 8.06. The van der Waals surface area contributed by atoms with E-state index in [9.17, 15) is 4.79 Å². The minimum Gasteiger partial charge on any atom is -0.478 e. The van der Waals surface area contributed by atoms with E-state index in [4.69, 9.17) is 9.84 Å². The summed E-state index contributed by atoms with van der Waals surface area (Å²) in [5.74, 6) is -0.863. The molecule has 0 saturated heterocycles. The second-order valence-electron chi connectivity index (χ2n) is 6.92. The van der Waals surface area contributed by atoms with Gasteiger partial charge in [0.1, 0.15) is 0 Å². The summed E-state index contributed by atoms with van der Waals surface area (Å²) in [6.07, 6.45) is 8.79. The largest absolute Gasteiger partial charge is 0.478 e. The highest BCUT2D eigenvalue weighted by atomic mass is 16.5. The molecule has 3 aliphatic rings. The number of fused-ring (bicyclic) bond motifs is 3. The fraction of sp³-hybridized carbons (Fsp3) is 0.526. The van der Waals surface area contributed by atoms with Gasteiger partial charge in [0.15, 0.2) is 0 Å². The molecule has 1 aromatic rings. The van der Waals surface area contributed by atoms with Crippen molar-refractivity contribution < 1.29 is 14.6 Å². The van der Waals surface area contributed by atoms with Gasteiger partial charge in [-0.05, 0) is 68.1 Å². The van der Waals surface area contributed by atoms with E-state index in [0.29, 0.717) is 11.0 Å². The smallest absolute Gasteiger partial charge is 0.331 e. The Morgan fingerprint density at radius 3 is 2.09 bits per heavy atom. The van der Waals surface area contributed by atoms with Crippen molar-refractivity contribution in [1.29, 1.82) is 0 Å². The lowest BCUT2D eigenvalue weighted by atomic mass is 9.56. The highest BCUT2D eigenvalue weighted by molar-refractivity contribution is 5.91. The van der Waals surface area contributed by atoms with Gasteiger partial charge in [-0.2, -0.15) is 0 Å². The number of rotatable bonds is 4. The van der Waals surface area contributed by atoms with E-state index >= 15 is 0 Å². The van der Waals surface area contributed by atoms with Gasteiger partial charge >= 0.3 is 5.97 Å². The van der Waals surface area contributed by atoms with Crippen molar-refractivity contribution >= 4 is 12.0 Å². The molecule has 3 saturated carbocycles. The standard InChI is InChI=1S/C19H24O3/c1-14(17(20)21)13-15-3-5-16(6-4-15)18-7-10-19(22-2,11-8-18)12-9-18/h3-6,13H,7-12H2,1-2H3,(H,20,21)/b14-13+. The molecule has 0 amide bonds. The molecule has 0 atom stereocenters. The van der Waals surface area contributed by atoms with Crippen LogP contribution in [-0.2, 0) is 14.9 Å². The fourth-order valence-electron chi connectivity index (χ4n) is 4.14. The lowest BCUT2D eigenvalue weighted by Gasteiger charge is -2.53. The van der Waals surface area contributed by atoms with Crippen LogP contribution in [0.25, 0.3) is 6.08 Å². The van der Waals surface area contributed by atoms with Crippen molar-refractivity contribution in [3.8, 4) is 0 Å². The molecule has 3 aliphatic carbocycles. The molecule has 118 valence electrons. The molecular formula is C19H24O3. The van der Waals surface area contributed by atoms with E-state index in [0.717, 1.165) is 24.8 Å². The van der Waals surface area contributed by atoms with Gasteiger partial charge in [0.05, 0.1) is 5.60 Å². The molecule has 4 rings (SSSR count). The summed E-state index contributed by atoms with van der Waals surface area (Å²) in [4.78, 5) is 10.9. The van der Waals surface area contributed by atoms with Crippen LogP contribution < -0.4 is 0 Å². The summed E-state index contributed by atoms with van der Waals surface area (Å²) in [6, 6.07) is 8.46. The monoisotopic (exact) mass is 300 g/mol. The molecule has 0 unspecified atom stereocenters. The summed E-state index contributed by atoms with van der Waals surface area (Å²) in [6.45, 7) is 1.63. The second kappa shape index (κ2) is 5.54. The number of carboxylic acids is 1. The van der Waals surface area contributed by atoms with Crippen LogP contribution in [0.2, 0.25) is 0 Å². The predicted molar refractivity (Wildman–Crippen MR) is 86.8 cm³/mol. The van der Waals surface area contributed by atoms with Crippen molar-refractivity contribution in [1.82, 2.24) is 0 Å². The van der Waals surface area contributed by atoms with Crippen molar-refractivity contribution in [2.45, 2.75) is 56.5 Å². The van der Waals surface area contributed by atoms with Crippen LogP contribution >= 0.6 is 0 Å². The van der Waals surface area contributed by atoms with Gasteiger partial charge < -0.3 is 9.84 Å². The molecule has 1 N–H and O–H groups in total. The molecule has 3 nitrogen and oxygen atoms in total. The summed E-state index contributed by atoms with van der Waals surface area (Å²) >= 11 is 0. The third-order valence-electron chi connectivity index (χ3n) is 5.85. The third-order valence-corrected chi connectivity index (χ3v) is 5.85. The Morgan fingerprint density at radius 1 is 1.09 bits per heavy atom. The van der Waals surface area contributed by atoms with Gasteiger partial charge in [-0.25, -0.2) is 4.79 Å². The van der Waals surface area contributed by atoms with Crippen LogP contribution in [0.1, 0.15) is 56.6 Å².